The van der Waals surface area contributed by atoms with Gasteiger partial charge in [-0.05, 0) is 79.6 Å². The molecule has 1 aromatic heterocycles. The number of rotatable bonds is 20. The van der Waals surface area contributed by atoms with E-state index in [1.54, 1.807) is 6.92 Å². The number of hydrogen-bond acceptors (Lipinski definition) is 12. The molecule has 0 aliphatic heterocycles. The summed E-state index contributed by atoms with van der Waals surface area (Å²) in [6.45, 7) is 2.66. The predicted octanol–water partition coefficient (Wildman–Crippen LogP) is 1.99. The van der Waals surface area contributed by atoms with E-state index in [9.17, 15) is 25.2 Å². The number of benzene rings is 3. The van der Waals surface area contributed by atoms with Crippen LogP contribution in [0, 0.1) is 6.92 Å². The van der Waals surface area contributed by atoms with Crippen LogP contribution in [0.1, 0.15) is 46.6 Å². The van der Waals surface area contributed by atoms with Crippen LogP contribution in [0.2, 0.25) is 5.15 Å². The number of amides is 1. The van der Waals surface area contributed by atoms with Gasteiger partial charge in [0.25, 0.3) is 5.91 Å². The fourth-order valence-electron chi connectivity index (χ4n) is 5.82. The van der Waals surface area contributed by atoms with E-state index in [1.165, 1.54) is 16.3 Å². The fourth-order valence-corrected chi connectivity index (χ4v) is 5.94. The van der Waals surface area contributed by atoms with Crippen LogP contribution in [0.3, 0.4) is 0 Å². The van der Waals surface area contributed by atoms with Gasteiger partial charge < -0.3 is 41.7 Å². The van der Waals surface area contributed by atoms with Gasteiger partial charge in [0.2, 0.25) is 0 Å². The minimum absolute atomic E-state index is 0.0290. The molecule has 1 heterocycles. The first-order valence-electron chi connectivity index (χ1n) is 17.6. The van der Waals surface area contributed by atoms with Gasteiger partial charge >= 0.3 is 0 Å². The van der Waals surface area contributed by atoms with Gasteiger partial charge in [-0.15, -0.1) is 0 Å². The minimum atomic E-state index is -1.69. The van der Waals surface area contributed by atoms with Crippen molar-refractivity contribution in [2.75, 3.05) is 45.1 Å². The second kappa shape index (κ2) is 20.7. The number of nitrogens with zero attached hydrogens (tertiary/aromatic N) is 4. The van der Waals surface area contributed by atoms with Gasteiger partial charge in [-0.2, -0.15) is 0 Å². The van der Waals surface area contributed by atoms with Crippen LogP contribution in [0.5, 0.6) is 5.75 Å². The number of nitrogens with two attached hydrogens (primary N) is 2. The summed E-state index contributed by atoms with van der Waals surface area (Å²) in [6.07, 6.45) is -2.32. The lowest BCUT2D eigenvalue weighted by Crippen LogP contribution is -2.50. The van der Waals surface area contributed by atoms with Crippen molar-refractivity contribution in [2.24, 2.45) is 10.7 Å². The highest BCUT2D eigenvalue weighted by Gasteiger charge is 2.31. The minimum Gasteiger partial charge on any atom is -0.492 e. The van der Waals surface area contributed by atoms with Crippen LogP contribution < -0.4 is 21.5 Å². The number of fused-ring (bicyclic) bond motifs is 1. The third-order valence-corrected chi connectivity index (χ3v) is 9.18. The Morgan fingerprint density at radius 1 is 0.925 bits per heavy atom. The van der Waals surface area contributed by atoms with Gasteiger partial charge in [0, 0.05) is 19.6 Å². The van der Waals surface area contributed by atoms with Crippen molar-refractivity contribution in [2.45, 2.75) is 63.4 Å². The molecule has 10 N–H and O–H groups in total. The number of aliphatic hydroxyl groups excluding tert-OH is 5. The summed E-state index contributed by atoms with van der Waals surface area (Å²) in [5, 5.41) is 55.1. The Balaban J connectivity index is 1.23. The Morgan fingerprint density at radius 3 is 2.40 bits per heavy atom. The quantitative estimate of drug-likeness (QED) is 0.0368. The highest BCUT2D eigenvalue weighted by atomic mass is 35.5. The molecule has 0 radical (unpaired) electrons. The molecule has 1 amide bonds. The molecule has 0 bridgehead atoms. The lowest BCUT2D eigenvalue weighted by atomic mass is 10.0. The monoisotopic (exact) mass is 751 g/mol. The molecule has 4 unspecified atom stereocenters. The Hall–Kier alpha value is -4.41. The van der Waals surface area contributed by atoms with Crippen molar-refractivity contribution in [3.05, 3.63) is 94.4 Å². The third kappa shape index (κ3) is 12.6. The molecule has 53 heavy (non-hydrogen) atoms. The van der Waals surface area contributed by atoms with Gasteiger partial charge in [-0.25, -0.2) is 9.97 Å². The molecule has 0 saturated carbocycles. The van der Waals surface area contributed by atoms with Gasteiger partial charge in [-0.3, -0.25) is 20.0 Å². The Labute approximate surface area is 314 Å². The fraction of sp³-hybridized carbons (Fsp3) is 0.421. The van der Waals surface area contributed by atoms with Gasteiger partial charge in [0.15, 0.2) is 22.6 Å². The first-order valence-corrected chi connectivity index (χ1v) is 18.0. The lowest BCUT2D eigenvalue weighted by molar-refractivity contribution is -0.119. The zero-order valence-electron chi connectivity index (χ0n) is 29.8. The predicted molar refractivity (Wildman–Crippen MR) is 205 cm³/mol. The molecule has 4 atom stereocenters. The van der Waals surface area contributed by atoms with Crippen LogP contribution in [-0.2, 0) is 12.8 Å². The van der Waals surface area contributed by atoms with Crippen LogP contribution in [-0.4, -0.2) is 116 Å². The van der Waals surface area contributed by atoms with Crippen molar-refractivity contribution >= 4 is 40.1 Å². The molecule has 0 aliphatic carbocycles. The number of ether oxygens (including phenoxy) is 1. The number of halogens is 1. The smallest absolute Gasteiger partial charge is 0.280 e. The lowest BCUT2D eigenvalue weighted by Gasteiger charge is -2.30. The molecule has 0 spiro atoms. The third-order valence-electron chi connectivity index (χ3n) is 8.82. The second-order valence-electron chi connectivity index (χ2n) is 12.8. The number of carbonyl (C=O) groups is 1. The van der Waals surface area contributed by atoms with Crippen molar-refractivity contribution in [3.63, 3.8) is 0 Å². The first-order chi connectivity index (χ1) is 25.5. The number of unbranched alkanes of at least 4 members (excludes halogenated alkanes) is 1. The molecule has 14 nitrogen and oxygen atoms in total. The average molecular weight is 752 g/mol. The molecule has 4 aromatic rings. The maximum Gasteiger partial charge on any atom is 0.280 e. The summed E-state index contributed by atoms with van der Waals surface area (Å²) < 4.78 is 6.01. The molecule has 0 fully saturated rings. The summed E-state index contributed by atoms with van der Waals surface area (Å²) in [4.78, 5) is 26.5. The highest BCUT2D eigenvalue weighted by Crippen LogP contribution is 2.21. The number of anilines is 1. The van der Waals surface area contributed by atoms with Crippen LogP contribution >= 0.6 is 11.6 Å². The summed E-state index contributed by atoms with van der Waals surface area (Å²) in [5.41, 5.74) is 14.3. The van der Waals surface area contributed by atoms with Crippen molar-refractivity contribution in [3.8, 4) is 5.75 Å². The Bertz CT molecular complexity index is 1790. The number of guanidine groups is 1. The zero-order chi connectivity index (χ0) is 38.3. The number of aliphatic hydroxyl groups is 5. The molecule has 286 valence electrons. The zero-order valence-corrected chi connectivity index (χ0v) is 30.6. The highest BCUT2D eigenvalue weighted by molar-refractivity contribution is 6.30. The van der Waals surface area contributed by atoms with E-state index in [0.29, 0.717) is 37.7 Å². The number of aliphatic imine (C=N–C) groups is 1. The average Bonchev–Trinajstić information content (AvgIpc) is 3.15. The van der Waals surface area contributed by atoms with E-state index >= 15 is 0 Å². The summed E-state index contributed by atoms with van der Waals surface area (Å²) >= 11 is 5.95. The SMILES string of the molecule is Cc1nc(N)c(C(=O)NC(N)=NCCCCc2ccc(OCCN(CCCc3cccc4ccccc34)CC(O)C(O)C(O)C(O)CO)cc2)nc1Cl. The first kappa shape index (κ1) is 41.3. The van der Waals surface area contributed by atoms with Crippen molar-refractivity contribution in [1.29, 1.82) is 0 Å². The number of nitrogens with one attached hydrogen (secondary N) is 1. The number of carbonyl (C=O) groups excluding carboxylic acids is 1. The van der Waals surface area contributed by atoms with Crippen LogP contribution in [0.4, 0.5) is 5.82 Å². The van der Waals surface area contributed by atoms with Crippen molar-refractivity contribution in [1.82, 2.24) is 20.2 Å². The largest absolute Gasteiger partial charge is 0.492 e. The van der Waals surface area contributed by atoms with E-state index in [4.69, 9.17) is 32.9 Å². The van der Waals surface area contributed by atoms with Crippen LogP contribution in [0.25, 0.3) is 10.8 Å². The number of aromatic nitrogens is 2. The van der Waals surface area contributed by atoms with E-state index in [-0.39, 0.29) is 29.2 Å². The van der Waals surface area contributed by atoms with Gasteiger partial charge in [0.1, 0.15) is 30.7 Å². The van der Waals surface area contributed by atoms with Crippen molar-refractivity contribution < 1.29 is 35.1 Å². The Morgan fingerprint density at radius 2 is 1.64 bits per heavy atom. The molecular formula is C38H50ClN7O7. The van der Waals surface area contributed by atoms with E-state index in [1.807, 2.05) is 47.4 Å². The molecule has 0 saturated heterocycles. The normalized spacial score (nSPS) is 14.2. The number of aryl methyl sites for hydroxylation is 3. The molecule has 0 aliphatic rings. The van der Waals surface area contributed by atoms with E-state index < -0.39 is 36.9 Å². The van der Waals surface area contributed by atoms with E-state index in [2.05, 4.69) is 44.5 Å². The second-order valence-corrected chi connectivity index (χ2v) is 13.2. The number of nitrogen functional groups attached to an aromatic ring is 1. The Kier molecular flexibility index (Phi) is 16.2. The van der Waals surface area contributed by atoms with E-state index in [0.717, 1.165) is 37.7 Å². The molecule has 4 rings (SSSR count). The molecule has 15 heteroatoms. The molecular weight excluding hydrogens is 702 g/mol. The number of hydrogen-bond donors (Lipinski definition) is 8. The van der Waals surface area contributed by atoms with Gasteiger partial charge in [-0.1, -0.05) is 66.2 Å². The summed E-state index contributed by atoms with van der Waals surface area (Å²) in [6, 6.07) is 22.2. The summed E-state index contributed by atoms with van der Waals surface area (Å²) in [7, 11) is 0. The van der Waals surface area contributed by atoms with Crippen LogP contribution in [0.15, 0.2) is 71.7 Å². The standard InChI is InChI=1S/C38H50ClN7O7/c1-24-35(39)44-32(36(40)43-24)37(52)45-38(41)42-18-5-4-8-25-14-16-28(17-15-25)53-21-20-46(22-30(48)33(50)34(51)31(49)23-47)19-7-12-27-11-6-10-26-9-2-3-13-29(26)27/h2-3,6,9-11,13-17,30-31,33-34,47-51H,4-5,7-8,12,18-23H2,1H3,(H2,40,43)(H3,41,42,45,52). The maximum absolute atomic E-state index is 12.4. The topological polar surface area (TPSA) is 233 Å². The maximum atomic E-state index is 12.4. The molecule has 3 aromatic carbocycles. The summed E-state index contributed by atoms with van der Waals surface area (Å²) in [5.74, 6) is -0.0673. The van der Waals surface area contributed by atoms with Gasteiger partial charge in [0.05, 0.1) is 18.4 Å².